The minimum absolute atomic E-state index is 0.335. The molecule has 0 aliphatic heterocycles. The molecule has 25 heavy (non-hydrogen) atoms. The van der Waals surface area contributed by atoms with Crippen LogP contribution in [0.4, 0.5) is 23.1 Å². The van der Waals surface area contributed by atoms with E-state index in [1.807, 2.05) is 25.1 Å². The van der Waals surface area contributed by atoms with Gasteiger partial charge in [0.1, 0.15) is 5.75 Å². The molecule has 8 heteroatoms. The minimum atomic E-state index is 0.335. The summed E-state index contributed by atoms with van der Waals surface area (Å²) in [5.41, 5.74) is 2.54. The molecule has 2 N–H and O–H groups in total. The lowest BCUT2D eigenvalue weighted by Crippen LogP contribution is -2.03. The fourth-order valence-corrected chi connectivity index (χ4v) is 2.76. The largest absolute Gasteiger partial charge is 0.495 e. The van der Waals surface area contributed by atoms with E-state index in [1.54, 1.807) is 25.3 Å². The molecule has 0 aliphatic carbocycles. The predicted molar refractivity (Wildman–Crippen MR) is 101 cm³/mol. The highest BCUT2D eigenvalue weighted by Crippen LogP contribution is 2.28. The summed E-state index contributed by atoms with van der Waals surface area (Å²) in [6, 6.07) is 10.9. The summed E-state index contributed by atoms with van der Waals surface area (Å²) in [5, 5.41) is 15.2. The van der Waals surface area contributed by atoms with Gasteiger partial charge in [-0.2, -0.15) is 10.1 Å². The van der Waals surface area contributed by atoms with Crippen molar-refractivity contribution >= 4 is 46.3 Å². The zero-order chi connectivity index (χ0) is 17.8. The second-order valence-corrected chi connectivity index (χ2v) is 6.15. The van der Waals surface area contributed by atoms with Gasteiger partial charge in [-0.05, 0) is 42.8 Å². The maximum atomic E-state index is 6.00. The Kier molecular flexibility index (Phi) is 5.21. The topological polar surface area (TPSA) is 72.0 Å². The average molecular weight is 376 g/mol. The Morgan fingerprint density at radius 2 is 1.76 bits per heavy atom. The Hall–Kier alpha value is -2.57. The van der Waals surface area contributed by atoms with Gasteiger partial charge in [0, 0.05) is 15.7 Å². The molecule has 0 amide bonds. The maximum absolute atomic E-state index is 6.00. The molecule has 2 aromatic carbocycles. The summed E-state index contributed by atoms with van der Waals surface area (Å²) in [4.78, 5) is 4.39. The van der Waals surface area contributed by atoms with Crippen LogP contribution in [-0.4, -0.2) is 22.3 Å². The van der Waals surface area contributed by atoms with Crippen LogP contribution in [0.15, 0.2) is 42.6 Å². The van der Waals surface area contributed by atoms with Crippen molar-refractivity contribution in [2.45, 2.75) is 6.92 Å². The number of aryl methyl sites for hydroxylation is 1. The molecular formula is C17H15Cl2N5O. The average Bonchev–Trinajstić information content (AvgIpc) is 2.54. The number of nitrogens with zero attached hydrogens (tertiary/aromatic N) is 3. The lowest BCUT2D eigenvalue weighted by atomic mass is 10.2. The maximum Gasteiger partial charge on any atom is 0.249 e. The molecule has 1 heterocycles. The number of hydrogen-bond donors (Lipinski definition) is 2. The fourth-order valence-electron chi connectivity index (χ4n) is 2.23. The highest BCUT2D eigenvalue weighted by atomic mass is 35.5. The van der Waals surface area contributed by atoms with Gasteiger partial charge >= 0.3 is 0 Å². The van der Waals surface area contributed by atoms with Crippen molar-refractivity contribution in [2.24, 2.45) is 0 Å². The molecule has 3 aromatic rings. The SMILES string of the molecule is COc1ccc(C)cc1Nc1nncc(Nc2cc(Cl)cc(Cl)c2)n1. The summed E-state index contributed by atoms with van der Waals surface area (Å²) >= 11 is 12.0. The van der Waals surface area contributed by atoms with E-state index < -0.39 is 0 Å². The molecule has 0 saturated carbocycles. The number of hydrogen-bond acceptors (Lipinski definition) is 6. The number of rotatable bonds is 5. The van der Waals surface area contributed by atoms with E-state index in [0.29, 0.717) is 33.2 Å². The molecule has 0 atom stereocenters. The van der Waals surface area contributed by atoms with Crippen LogP contribution in [0.25, 0.3) is 0 Å². The lowest BCUT2D eigenvalue weighted by molar-refractivity contribution is 0.416. The fraction of sp³-hybridized carbons (Fsp3) is 0.118. The van der Waals surface area contributed by atoms with Gasteiger partial charge in [-0.3, -0.25) is 0 Å². The van der Waals surface area contributed by atoms with E-state index in [4.69, 9.17) is 27.9 Å². The normalized spacial score (nSPS) is 10.4. The van der Waals surface area contributed by atoms with Crippen LogP contribution in [0.1, 0.15) is 5.56 Å². The smallest absolute Gasteiger partial charge is 0.249 e. The molecule has 0 fully saturated rings. The summed E-state index contributed by atoms with van der Waals surface area (Å²) in [5.74, 6) is 1.53. The molecule has 0 aliphatic rings. The zero-order valence-corrected chi connectivity index (χ0v) is 15.1. The third-order valence-corrected chi connectivity index (χ3v) is 3.73. The summed E-state index contributed by atoms with van der Waals surface area (Å²) < 4.78 is 5.34. The van der Waals surface area contributed by atoms with E-state index in [9.17, 15) is 0 Å². The van der Waals surface area contributed by atoms with Crippen molar-refractivity contribution in [3.05, 3.63) is 58.2 Å². The van der Waals surface area contributed by atoms with Gasteiger partial charge in [-0.1, -0.05) is 29.3 Å². The van der Waals surface area contributed by atoms with E-state index >= 15 is 0 Å². The molecule has 0 saturated heterocycles. The van der Waals surface area contributed by atoms with Gasteiger partial charge in [0.25, 0.3) is 0 Å². The van der Waals surface area contributed by atoms with E-state index in [1.165, 1.54) is 6.20 Å². The number of halogens is 2. The van der Waals surface area contributed by atoms with Gasteiger partial charge < -0.3 is 15.4 Å². The Labute approximate surface area is 155 Å². The highest BCUT2D eigenvalue weighted by molar-refractivity contribution is 6.35. The Morgan fingerprint density at radius 1 is 1.00 bits per heavy atom. The van der Waals surface area contributed by atoms with Crippen LogP contribution >= 0.6 is 23.2 Å². The minimum Gasteiger partial charge on any atom is -0.495 e. The first-order valence-corrected chi connectivity index (χ1v) is 8.13. The first-order chi connectivity index (χ1) is 12.0. The predicted octanol–water partition coefficient (Wildman–Crippen LogP) is 4.98. The first kappa shape index (κ1) is 17.3. The number of nitrogens with one attached hydrogen (secondary N) is 2. The molecule has 128 valence electrons. The summed E-state index contributed by atoms with van der Waals surface area (Å²) in [7, 11) is 1.61. The quantitative estimate of drug-likeness (QED) is 0.654. The number of benzene rings is 2. The Bertz CT molecular complexity index is 884. The van der Waals surface area contributed by atoms with Gasteiger partial charge in [0.2, 0.25) is 5.95 Å². The van der Waals surface area contributed by atoms with Crippen LogP contribution in [0.2, 0.25) is 10.0 Å². The molecule has 0 bridgehead atoms. The van der Waals surface area contributed by atoms with Crippen molar-refractivity contribution in [1.29, 1.82) is 0 Å². The standard InChI is InChI=1S/C17H15Cl2N5O/c1-10-3-4-15(25-2)14(5-10)22-17-23-16(9-20-24-17)21-13-7-11(18)6-12(19)8-13/h3-9H,1-2H3,(H2,21,22,23,24). The molecule has 0 unspecified atom stereocenters. The molecule has 3 rings (SSSR count). The Morgan fingerprint density at radius 3 is 2.48 bits per heavy atom. The second-order valence-electron chi connectivity index (χ2n) is 5.28. The van der Waals surface area contributed by atoms with Gasteiger partial charge in [-0.15, -0.1) is 5.10 Å². The van der Waals surface area contributed by atoms with Crippen LogP contribution < -0.4 is 15.4 Å². The Balaban J connectivity index is 1.83. The van der Waals surface area contributed by atoms with Crippen molar-refractivity contribution in [1.82, 2.24) is 15.2 Å². The van der Waals surface area contributed by atoms with Crippen molar-refractivity contribution < 1.29 is 4.74 Å². The van der Waals surface area contributed by atoms with Crippen LogP contribution in [0, 0.1) is 6.92 Å². The first-order valence-electron chi connectivity index (χ1n) is 7.38. The molecular weight excluding hydrogens is 361 g/mol. The highest BCUT2D eigenvalue weighted by Gasteiger charge is 2.07. The number of anilines is 4. The third-order valence-electron chi connectivity index (χ3n) is 3.30. The van der Waals surface area contributed by atoms with E-state index in [2.05, 4.69) is 25.8 Å². The molecule has 0 radical (unpaired) electrons. The molecule has 1 aromatic heterocycles. The second kappa shape index (κ2) is 7.55. The van der Waals surface area contributed by atoms with Crippen LogP contribution in [0.3, 0.4) is 0 Å². The van der Waals surface area contributed by atoms with Crippen LogP contribution in [-0.2, 0) is 0 Å². The summed E-state index contributed by atoms with van der Waals surface area (Å²) in [6.45, 7) is 1.99. The van der Waals surface area contributed by atoms with Crippen molar-refractivity contribution in [3.63, 3.8) is 0 Å². The zero-order valence-electron chi connectivity index (χ0n) is 13.5. The summed E-state index contributed by atoms with van der Waals surface area (Å²) in [6.07, 6.45) is 1.51. The van der Waals surface area contributed by atoms with Gasteiger partial charge in [0.05, 0.1) is 19.0 Å². The third kappa shape index (κ3) is 4.49. The van der Waals surface area contributed by atoms with E-state index in [0.717, 1.165) is 11.3 Å². The molecule has 0 spiro atoms. The lowest BCUT2D eigenvalue weighted by Gasteiger charge is -2.11. The number of methoxy groups -OCH3 is 1. The number of ether oxygens (including phenoxy) is 1. The van der Waals surface area contributed by atoms with E-state index in [-0.39, 0.29) is 0 Å². The number of aromatic nitrogens is 3. The van der Waals surface area contributed by atoms with Gasteiger partial charge in [-0.25, -0.2) is 0 Å². The van der Waals surface area contributed by atoms with Crippen molar-refractivity contribution in [2.75, 3.05) is 17.7 Å². The molecule has 6 nitrogen and oxygen atoms in total. The monoisotopic (exact) mass is 375 g/mol. The van der Waals surface area contributed by atoms with Crippen molar-refractivity contribution in [3.8, 4) is 5.75 Å². The van der Waals surface area contributed by atoms with Gasteiger partial charge in [0.15, 0.2) is 5.82 Å². The van der Waals surface area contributed by atoms with Crippen LogP contribution in [0.5, 0.6) is 5.75 Å².